The van der Waals surface area contributed by atoms with Gasteiger partial charge in [0.25, 0.3) is 10.8 Å². The first-order valence-electron chi connectivity index (χ1n) is 8.87. The zero-order chi connectivity index (χ0) is 21.4. The van der Waals surface area contributed by atoms with Crippen LogP contribution in [-0.4, -0.2) is 26.8 Å². The summed E-state index contributed by atoms with van der Waals surface area (Å²) in [5, 5.41) is 8.68. The van der Waals surface area contributed by atoms with Crippen LogP contribution in [0, 0.1) is 13.8 Å². The number of hydrogen-bond acceptors (Lipinski definition) is 8. The molecule has 0 aliphatic carbocycles. The Hall–Kier alpha value is -2.79. The third kappa shape index (κ3) is 4.08. The van der Waals surface area contributed by atoms with E-state index in [2.05, 4.69) is 24.9 Å². The van der Waals surface area contributed by atoms with Crippen LogP contribution in [0.4, 0.5) is 8.78 Å². The minimum Gasteiger partial charge on any atom is -0.435 e. The summed E-state index contributed by atoms with van der Waals surface area (Å²) in [6.45, 7) is 2.87. The lowest BCUT2D eigenvalue weighted by atomic mass is 10.2. The summed E-state index contributed by atoms with van der Waals surface area (Å²) in [5.41, 5.74) is 1.35. The summed E-state index contributed by atoms with van der Waals surface area (Å²) >= 11 is 2.75. The van der Waals surface area contributed by atoms with Gasteiger partial charge in [-0.25, -0.2) is 4.98 Å². The molecule has 3 aromatic heterocycles. The minimum atomic E-state index is -2.88. The van der Waals surface area contributed by atoms with Crippen LogP contribution < -0.4 is 10.3 Å². The molecule has 4 aromatic rings. The van der Waals surface area contributed by atoms with E-state index in [1.807, 2.05) is 20.8 Å². The van der Waals surface area contributed by atoms with Crippen LogP contribution in [0.5, 0.6) is 5.75 Å². The number of aryl methyl sites for hydroxylation is 2. The lowest BCUT2D eigenvalue weighted by Gasteiger charge is -2.07. The average Bonchev–Trinajstić information content (AvgIpc) is 3.26. The third-order valence-electron chi connectivity index (χ3n) is 4.45. The summed E-state index contributed by atoms with van der Waals surface area (Å²) in [5.74, 6) is 0.808. The third-order valence-corrected chi connectivity index (χ3v) is 6.50. The van der Waals surface area contributed by atoms with Crippen LogP contribution in [0.3, 0.4) is 0 Å². The van der Waals surface area contributed by atoms with E-state index in [0.717, 1.165) is 10.4 Å². The van der Waals surface area contributed by atoms with Crippen molar-refractivity contribution >= 4 is 33.3 Å². The predicted octanol–water partition coefficient (Wildman–Crippen LogP) is 5.11. The molecule has 156 valence electrons. The first kappa shape index (κ1) is 20.5. The Bertz CT molecular complexity index is 1250. The molecule has 1 unspecified atom stereocenters. The Kier molecular flexibility index (Phi) is 5.56. The molecule has 0 radical (unpaired) electrons. The van der Waals surface area contributed by atoms with Crippen LogP contribution in [0.2, 0.25) is 0 Å². The van der Waals surface area contributed by atoms with E-state index in [1.54, 1.807) is 12.1 Å². The summed E-state index contributed by atoms with van der Waals surface area (Å²) in [6.07, 6.45) is 0. The fourth-order valence-electron chi connectivity index (χ4n) is 2.82. The van der Waals surface area contributed by atoms with Gasteiger partial charge in [0.1, 0.15) is 16.4 Å². The molecule has 0 fully saturated rings. The van der Waals surface area contributed by atoms with Gasteiger partial charge in [0.2, 0.25) is 5.89 Å². The molecule has 4 rings (SSSR count). The average molecular weight is 450 g/mol. The van der Waals surface area contributed by atoms with E-state index >= 15 is 0 Å². The van der Waals surface area contributed by atoms with E-state index in [9.17, 15) is 13.6 Å². The number of ether oxygens (including phenoxy) is 1. The molecule has 11 heteroatoms. The molecule has 7 nitrogen and oxygen atoms in total. The number of aromatic amines is 1. The van der Waals surface area contributed by atoms with Crippen molar-refractivity contribution in [2.24, 2.45) is 0 Å². The Labute approximate surface area is 177 Å². The Balaban J connectivity index is 1.52. The molecule has 0 spiro atoms. The molecule has 0 aliphatic rings. The van der Waals surface area contributed by atoms with Gasteiger partial charge in [0, 0.05) is 10.4 Å². The van der Waals surface area contributed by atoms with Crippen molar-refractivity contribution in [2.45, 2.75) is 37.9 Å². The van der Waals surface area contributed by atoms with Crippen molar-refractivity contribution in [3.8, 4) is 17.2 Å². The van der Waals surface area contributed by atoms with Crippen molar-refractivity contribution in [2.75, 3.05) is 0 Å². The highest BCUT2D eigenvalue weighted by atomic mass is 32.2. The van der Waals surface area contributed by atoms with Gasteiger partial charge in [-0.3, -0.25) is 4.79 Å². The SMILES string of the molecule is Cc1sc2nc(C(C)Sc3nnc(-c4ccc(OC(F)F)cc4)o3)[nH]c(=O)c2c1C. The highest BCUT2D eigenvalue weighted by molar-refractivity contribution is 7.99. The first-order chi connectivity index (χ1) is 14.3. The maximum Gasteiger partial charge on any atom is 0.387 e. The van der Waals surface area contributed by atoms with E-state index in [4.69, 9.17) is 4.42 Å². The number of fused-ring (bicyclic) bond motifs is 1. The number of hydrogen-bond donors (Lipinski definition) is 1. The van der Waals surface area contributed by atoms with E-state index in [0.29, 0.717) is 26.8 Å². The minimum absolute atomic E-state index is 0.0426. The van der Waals surface area contributed by atoms with Crippen molar-refractivity contribution in [1.82, 2.24) is 20.2 Å². The monoisotopic (exact) mass is 450 g/mol. The first-order valence-corrected chi connectivity index (χ1v) is 10.6. The molecule has 30 heavy (non-hydrogen) atoms. The molecule has 0 amide bonds. The molecule has 1 atom stereocenters. The summed E-state index contributed by atoms with van der Waals surface area (Å²) in [6, 6.07) is 5.90. The van der Waals surface area contributed by atoms with Gasteiger partial charge >= 0.3 is 6.61 Å². The Morgan fingerprint density at radius 1 is 1.20 bits per heavy atom. The number of thiophene rings is 1. The standard InChI is InChI=1S/C19H16F2N4O3S2/c1-8-9(2)29-17-13(8)15(26)22-14(23-17)10(3)30-19-25-24-16(28-19)11-4-6-12(7-5-11)27-18(20)21/h4-7,10,18H,1-3H3,(H,22,23,26). The molecule has 0 saturated heterocycles. The van der Waals surface area contributed by atoms with Gasteiger partial charge in [0.15, 0.2) is 0 Å². The van der Waals surface area contributed by atoms with Crippen LogP contribution in [0.15, 0.2) is 38.7 Å². The fraction of sp³-hybridized carbons (Fsp3) is 0.263. The lowest BCUT2D eigenvalue weighted by molar-refractivity contribution is -0.0498. The molecule has 3 heterocycles. The van der Waals surface area contributed by atoms with Gasteiger partial charge < -0.3 is 14.1 Å². The molecule has 0 saturated carbocycles. The van der Waals surface area contributed by atoms with E-state index in [1.165, 1.54) is 35.2 Å². The molecular weight excluding hydrogens is 434 g/mol. The summed E-state index contributed by atoms with van der Waals surface area (Å²) < 4.78 is 34.5. The number of aromatic nitrogens is 4. The van der Waals surface area contributed by atoms with Crippen LogP contribution in [-0.2, 0) is 0 Å². The number of halogens is 2. The maximum absolute atomic E-state index is 12.5. The highest BCUT2D eigenvalue weighted by Gasteiger charge is 2.19. The van der Waals surface area contributed by atoms with Crippen molar-refractivity contribution in [3.63, 3.8) is 0 Å². The van der Waals surface area contributed by atoms with Crippen LogP contribution >= 0.6 is 23.1 Å². The Morgan fingerprint density at radius 2 is 1.93 bits per heavy atom. The van der Waals surface area contributed by atoms with Crippen LogP contribution in [0.25, 0.3) is 21.7 Å². The second-order valence-corrected chi connectivity index (χ2v) is 8.95. The molecule has 1 N–H and O–H groups in total. The Morgan fingerprint density at radius 3 is 2.63 bits per heavy atom. The topological polar surface area (TPSA) is 93.9 Å². The number of nitrogens with one attached hydrogen (secondary N) is 1. The molecular formula is C19H16F2N4O3S2. The number of benzene rings is 1. The quantitative estimate of drug-likeness (QED) is 0.408. The normalized spacial score (nSPS) is 12.6. The lowest BCUT2D eigenvalue weighted by Crippen LogP contribution is -2.12. The van der Waals surface area contributed by atoms with Crippen LogP contribution in [0.1, 0.15) is 28.4 Å². The zero-order valence-electron chi connectivity index (χ0n) is 16.1. The fourth-order valence-corrected chi connectivity index (χ4v) is 4.60. The number of H-pyrrole nitrogens is 1. The number of nitrogens with zero attached hydrogens (tertiary/aromatic N) is 3. The number of rotatable bonds is 6. The van der Waals surface area contributed by atoms with Gasteiger partial charge in [-0.05, 0) is 50.6 Å². The van der Waals surface area contributed by atoms with Crippen molar-refractivity contribution in [1.29, 1.82) is 0 Å². The van der Waals surface area contributed by atoms with Gasteiger partial charge in [-0.1, -0.05) is 11.8 Å². The second-order valence-electron chi connectivity index (χ2n) is 6.45. The number of alkyl halides is 2. The maximum atomic E-state index is 12.5. The second kappa shape index (κ2) is 8.15. The zero-order valence-corrected chi connectivity index (χ0v) is 17.7. The largest absolute Gasteiger partial charge is 0.435 e. The summed E-state index contributed by atoms with van der Waals surface area (Å²) in [7, 11) is 0. The molecule has 1 aromatic carbocycles. The molecule has 0 bridgehead atoms. The predicted molar refractivity (Wildman–Crippen MR) is 110 cm³/mol. The smallest absolute Gasteiger partial charge is 0.387 e. The van der Waals surface area contributed by atoms with Crippen molar-refractivity contribution < 1.29 is 17.9 Å². The van der Waals surface area contributed by atoms with Gasteiger partial charge in [0.05, 0.1) is 10.6 Å². The molecule has 0 aliphatic heterocycles. The van der Waals surface area contributed by atoms with E-state index in [-0.39, 0.29) is 22.4 Å². The highest BCUT2D eigenvalue weighted by Crippen LogP contribution is 2.35. The van der Waals surface area contributed by atoms with E-state index < -0.39 is 6.61 Å². The van der Waals surface area contributed by atoms with Gasteiger partial charge in [-0.2, -0.15) is 8.78 Å². The summed E-state index contributed by atoms with van der Waals surface area (Å²) in [4.78, 5) is 21.7. The number of thioether (sulfide) groups is 1. The van der Waals surface area contributed by atoms with Gasteiger partial charge in [-0.15, -0.1) is 21.5 Å². The van der Waals surface area contributed by atoms with Crippen molar-refractivity contribution in [3.05, 3.63) is 50.9 Å².